The molecular formula is C15H25NO3S. The summed E-state index contributed by atoms with van der Waals surface area (Å²) in [5.41, 5.74) is 1.03. The van der Waals surface area contributed by atoms with Crippen molar-refractivity contribution in [2.45, 2.75) is 45.4 Å². The van der Waals surface area contributed by atoms with E-state index in [0.29, 0.717) is 12.3 Å². The molecule has 0 saturated carbocycles. The fraction of sp³-hybridized carbons (Fsp3) is 0.600. The molecule has 20 heavy (non-hydrogen) atoms. The second-order valence-electron chi connectivity index (χ2n) is 6.19. The van der Waals surface area contributed by atoms with Crippen LogP contribution in [0, 0.1) is 12.3 Å². The highest BCUT2D eigenvalue weighted by Crippen LogP contribution is 2.22. The van der Waals surface area contributed by atoms with Gasteiger partial charge in [-0.25, -0.2) is 13.1 Å². The highest BCUT2D eigenvalue weighted by molar-refractivity contribution is 7.89. The van der Waals surface area contributed by atoms with Gasteiger partial charge >= 0.3 is 0 Å². The van der Waals surface area contributed by atoms with Gasteiger partial charge in [0.15, 0.2) is 0 Å². The van der Waals surface area contributed by atoms with E-state index in [1.165, 1.54) is 0 Å². The Kier molecular flexibility index (Phi) is 5.59. The second-order valence-corrected chi connectivity index (χ2v) is 7.96. The van der Waals surface area contributed by atoms with Crippen molar-refractivity contribution in [2.24, 2.45) is 5.41 Å². The summed E-state index contributed by atoms with van der Waals surface area (Å²) in [4.78, 5) is 0.284. The maximum Gasteiger partial charge on any atom is 0.240 e. The van der Waals surface area contributed by atoms with Gasteiger partial charge in [-0.2, -0.15) is 0 Å². The number of ether oxygens (including phenoxy) is 1. The fourth-order valence-corrected chi connectivity index (χ4v) is 3.09. The lowest BCUT2D eigenvalue weighted by molar-refractivity contribution is 0.365. The van der Waals surface area contributed by atoms with Crippen molar-refractivity contribution in [3.8, 4) is 5.75 Å². The lowest BCUT2D eigenvalue weighted by Crippen LogP contribution is -2.25. The van der Waals surface area contributed by atoms with E-state index >= 15 is 0 Å². The maximum atomic E-state index is 12.2. The summed E-state index contributed by atoms with van der Waals surface area (Å²) in [6.45, 7) is 8.74. The molecule has 0 radical (unpaired) electrons. The molecule has 5 heteroatoms. The van der Waals surface area contributed by atoms with Gasteiger partial charge in [0.05, 0.1) is 12.0 Å². The number of sulfonamides is 1. The Morgan fingerprint density at radius 1 is 1.25 bits per heavy atom. The Balaban J connectivity index is 2.67. The molecule has 4 nitrogen and oxygen atoms in total. The molecular weight excluding hydrogens is 274 g/mol. The molecule has 0 aliphatic carbocycles. The smallest absolute Gasteiger partial charge is 0.240 e. The molecule has 0 bridgehead atoms. The quantitative estimate of drug-likeness (QED) is 0.821. The van der Waals surface area contributed by atoms with E-state index in [2.05, 4.69) is 25.5 Å². The van der Waals surface area contributed by atoms with Crippen LogP contribution in [0.1, 0.15) is 39.2 Å². The van der Waals surface area contributed by atoms with Crippen LogP contribution >= 0.6 is 0 Å². The van der Waals surface area contributed by atoms with E-state index < -0.39 is 10.0 Å². The van der Waals surface area contributed by atoms with Gasteiger partial charge in [-0.3, -0.25) is 0 Å². The van der Waals surface area contributed by atoms with Gasteiger partial charge in [0.1, 0.15) is 5.75 Å². The third-order valence-corrected chi connectivity index (χ3v) is 4.53. The molecule has 0 aromatic heterocycles. The van der Waals surface area contributed by atoms with Crippen LogP contribution < -0.4 is 9.46 Å². The molecule has 0 fully saturated rings. The zero-order valence-electron chi connectivity index (χ0n) is 13.0. The third-order valence-electron chi connectivity index (χ3n) is 3.07. The molecule has 1 aromatic rings. The number of hydrogen-bond acceptors (Lipinski definition) is 3. The fourth-order valence-electron chi connectivity index (χ4n) is 1.93. The van der Waals surface area contributed by atoms with Crippen LogP contribution in [-0.4, -0.2) is 22.1 Å². The van der Waals surface area contributed by atoms with Crippen molar-refractivity contribution in [3.63, 3.8) is 0 Å². The third kappa shape index (κ3) is 5.13. The Morgan fingerprint density at radius 3 is 2.40 bits per heavy atom. The van der Waals surface area contributed by atoms with Crippen LogP contribution in [0.25, 0.3) is 0 Å². The number of hydrogen-bond donors (Lipinski definition) is 1. The predicted octanol–water partition coefficient (Wildman–Crippen LogP) is 3.11. The molecule has 1 aromatic carbocycles. The molecule has 0 amide bonds. The van der Waals surface area contributed by atoms with Crippen LogP contribution in [0.2, 0.25) is 0 Å². The van der Waals surface area contributed by atoms with E-state index in [0.717, 1.165) is 18.4 Å². The van der Waals surface area contributed by atoms with Crippen LogP contribution in [-0.2, 0) is 10.0 Å². The number of nitrogens with one attached hydrogen (secondary N) is 1. The molecule has 0 spiro atoms. The lowest BCUT2D eigenvalue weighted by atomic mass is 9.91. The first-order chi connectivity index (χ1) is 9.15. The minimum atomic E-state index is -3.43. The van der Waals surface area contributed by atoms with Crippen LogP contribution in [0.3, 0.4) is 0 Å². The average molecular weight is 299 g/mol. The summed E-state index contributed by atoms with van der Waals surface area (Å²) < 4.78 is 32.1. The van der Waals surface area contributed by atoms with Crippen molar-refractivity contribution in [2.75, 3.05) is 13.7 Å². The monoisotopic (exact) mass is 299 g/mol. The largest absolute Gasteiger partial charge is 0.496 e. The molecule has 1 N–H and O–H groups in total. The van der Waals surface area contributed by atoms with Crippen molar-refractivity contribution < 1.29 is 13.2 Å². The molecule has 1 rings (SSSR count). The summed E-state index contributed by atoms with van der Waals surface area (Å²) in [6, 6.07) is 4.88. The van der Waals surface area contributed by atoms with Gasteiger partial charge < -0.3 is 4.74 Å². The summed E-state index contributed by atoms with van der Waals surface area (Å²) in [5.74, 6) is 0.691. The van der Waals surface area contributed by atoms with E-state index in [4.69, 9.17) is 4.74 Å². The van der Waals surface area contributed by atoms with Gasteiger partial charge in [-0.05, 0) is 48.9 Å². The standard InChI is InChI=1S/C15H25NO3S/c1-12-11-13(7-8-14(12)19-5)20(17,18)16-10-6-9-15(2,3)4/h7-8,11,16H,6,9-10H2,1-5H3. The first kappa shape index (κ1) is 17.0. The molecule has 114 valence electrons. The van der Waals surface area contributed by atoms with E-state index in [1.807, 2.05) is 6.92 Å². The van der Waals surface area contributed by atoms with Gasteiger partial charge in [-0.15, -0.1) is 0 Å². The Labute approximate surface area is 122 Å². The Morgan fingerprint density at radius 2 is 1.90 bits per heavy atom. The molecule has 0 heterocycles. The lowest BCUT2D eigenvalue weighted by Gasteiger charge is -2.17. The second kappa shape index (κ2) is 6.59. The maximum absolute atomic E-state index is 12.2. The number of methoxy groups -OCH3 is 1. The van der Waals surface area contributed by atoms with Crippen LogP contribution in [0.4, 0.5) is 0 Å². The number of rotatable bonds is 6. The Hall–Kier alpha value is -1.07. The highest BCUT2D eigenvalue weighted by Gasteiger charge is 2.16. The van der Waals surface area contributed by atoms with Gasteiger partial charge in [0.25, 0.3) is 0 Å². The zero-order valence-corrected chi connectivity index (χ0v) is 13.8. The minimum absolute atomic E-state index is 0.224. The number of aryl methyl sites for hydroxylation is 1. The molecule has 0 aliphatic heterocycles. The molecule has 0 unspecified atom stereocenters. The van der Waals surface area contributed by atoms with Gasteiger partial charge in [0, 0.05) is 6.54 Å². The van der Waals surface area contributed by atoms with Crippen molar-refractivity contribution in [1.82, 2.24) is 4.72 Å². The minimum Gasteiger partial charge on any atom is -0.496 e. The molecule has 0 saturated heterocycles. The van der Waals surface area contributed by atoms with Crippen molar-refractivity contribution >= 4 is 10.0 Å². The van der Waals surface area contributed by atoms with Crippen molar-refractivity contribution in [3.05, 3.63) is 23.8 Å². The van der Waals surface area contributed by atoms with E-state index in [9.17, 15) is 8.42 Å². The SMILES string of the molecule is COc1ccc(S(=O)(=O)NCCCC(C)(C)C)cc1C. The summed E-state index contributed by atoms with van der Waals surface area (Å²) in [6.07, 6.45) is 1.81. The summed E-state index contributed by atoms with van der Waals surface area (Å²) >= 11 is 0. The molecule has 0 atom stereocenters. The van der Waals surface area contributed by atoms with Crippen molar-refractivity contribution in [1.29, 1.82) is 0 Å². The van der Waals surface area contributed by atoms with Crippen LogP contribution in [0.15, 0.2) is 23.1 Å². The first-order valence-electron chi connectivity index (χ1n) is 6.80. The highest BCUT2D eigenvalue weighted by atomic mass is 32.2. The van der Waals surface area contributed by atoms with Gasteiger partial charge in [0.2, 0.25) is 10.0 Å². The van der Waals surface area contributed by atoms with Gasteiger partial charge in [-0.1, -0.05) is 20.8 Å². The normalized spacial score (nSPS) is 12.4. The summed E-state index contributed by atoms with van der Waals surface area (Å²) in [5, 5.41) is 0. The zero-order chi connectivity index (χ0) is 15.4. The molecule has 0 aliphatic rings. The summed E-state index contributed by atoms with van der Waals surface area (Å²) in [7, 11) is -1.86. The number of benzene rings is 1. The van der Waals surface area contributed by atoms with E-state index in [-0.39, 0.29) is 10.3 Å². The topological polar surface area (TPSA) is 55.4 Å². The Bertz CT molecular complexity index is 545. The van der Waals surface area contributed by atoms with Crippen LogP contribution in [0.5, 0.6) is 5.75 Å². The average Bonchev–Trinajstić information content (AvgIpc) is 2.33. The van der Waals surface area contributed by atoms with E-state index in [1.54, 1.807) is 25.3 Å². The predicted molar refractivity (Wildman–Crippen MR) is 81.6 cm³/mol. The first-order valence-corrected chi connectivity index (χ1v) is 8.28.